The molecule has 0 amide bonds. The zero-order chi connectivity index (χ0) is 21.2. The van der Waals surface area contributed by atoms with E-state index < -0.39 is 20.0 Å². The van der Waals surface area contributed by atoms with Crippen molar-refractivity contribution in [2.24, 2.45) is 0 Å². The number of rotatable bonds is 6. The molecular weight excluding hydrogens is 420 g/mol. The van der Waals surface area contributed by atoms with Crippen LogP contribution < -0.4 is 4.74 Å². The Hall–Kier alpha value is -3.30. The topological polar surface area (TPSA) is 116 Å². The fourth-order valence-electron chi connectivity index (χ4n) is 2.57. The van der Waals surface area contributed by atoms with Crippen LogP contribution in [0.25, 0.3) is 11.3 Å². The van der Waals surface area contributed by atoms with E-state index in [0.717, 1.165) is 6.26 Å². The molecule has 1 heterocycles. The minimum absolute atomic E-state index is 0.0505. The molecule has 0 fully saturated rings. The number of benzene rings is 2. The van der Waals surface area contributed by atoms with Crippen LogP contribution in [0.15, 0.2) is 65.7 Å². The predicted molar refractivity (Wildman–Crippen MR) is 106 cm³/mol. The van der Waals surface area contributed by atoms with Gasteiger partial charge in [-0.3, -0.25) is 14.9 Å². The van der Waals surface area contributed by atoms with E-state index in [0.29, 0.717) is 5.75 Å². The largest absolute Gasteiger partial charge is 0.457 e. The molecule has 8 nitrogen and oxygen atoms in total. The Morgan fingerprint density at radius 1 is 1.10 bits per heavy atom. The Labute approximate surface area is 170 Å². The van der Waals surface area contributed by atoms with Gasteiger partial charge in [-0.15, -0.1) is 0 Å². The van der Waals surface area contributed by atoms with Gasteiger partial charge in [0.1, 0.15) is 17.2 Å². The van der Waals surface area contributed by atoms with E-state index in [2.05, 4.69) is 4.98 Å². The normalized spacial score (nSPS) is 11.1. The van der Waals surface area contributed by atoms with E-state index in [1.54, 1.807) is 0 Å². The average molecular weight is 433 g/mol. The highest BCUT2D eigenvalue weighted by atomic mass is 35.5. The molecule has 3 rings (SSSR count). The number of ether oxygens (including phenoxy) is 1. The van der Waals surface area contributed by atoms with Crippen LogP contribution in [-0.4, -0.2) is 29.8 Å². The fourth-order valence-corrected chi connectivity index (χ4v) is 3.31. The van der Waals surface area contributed by atoms with Crippen LogP contribution in [0.4, 0.5) is 5.69 Å². The van der Waals surface area contributed by atoms with Gasteiger partial charge in [0.2, 0.25) is 0 Å². The van der Waals surface area contributed by atoms with Crippen molar-refractivity contribution in [3.8, 4) is 22.8 Å². The number of nitrogens with zero attached hydrogens (tertiary/aromatic N) is 2. The lowest BCUT2D eigenvalue weighted by molar-refractivity contribution is -0.384. The van der Waals surface area contributed by atoms with E-state index in [1.165, 1.54) is 60.8 Å². The van der Waals surface area contributed by atoms with E-state index in [9.17, 15) is 23.3 Å². The molecule has 1 aromatic heterocycles. The smallest absolute Gasteiger partial charge is 0.295 e. The summed E-state index contributed by atoms with van der Waals surface area (Å²) in [7, 11) is -3.36. The van der Waals surface area contributed by atoms with Crippen LogP contribution in [-0.2, 0) is 9.84 Å². The maximum atomic E-state index is 11.7. The van der Waals surface area contributed by atoms with E-state index in [4.69, 9.17) is 16.3 Å². The molecule has 0 bridgehead atoms. The third kappa shape index (κ3) is 4.76. The molecule has 0 saturated carbocycles. The number of pyridine rings is 1. The fraction of sp³-hybridized carbons (Fsp3) is 0.0526. The zero-order valence-electron chi connectivity index (χ0n) is 14.9. The highest BCUT2D eigenvalue weighted by Gasteiger charge is 2.19. The van der Waals surface area contributed by atoms with Gasteiger partial charge in [-0.05, 0) is 60.1 Å². The second-order valence-corrected chi connectivity index (χ2v) is 8.35. The van der Waals surface area contributed by atoms with E-state index in [1.807, 2.05) is 0 Å². The molecule has 0 radical (unpaired) electrons. The highest BCUT2D eigenvalue weighted by Crippen LogP contribution is 2.33. The Morgan fingerprint density at radius 2 is 1.79 bits per heavy atom. The summed E-state index contributed by atoms with van der Waals surface area (Å²) in [6.45, 7) is 0. The maximum absolute atomic E-state index is 11.7. The molecular formula is C19H13ClN2O6S. The number of aromatic nitrogens is 1. The van der Waals surface area contributed by atoms with Crippen LogP contribution in [0, 0.1) is 10.1 Å². The van der Waals surface area contributed by atoms with E-state index >= 15 is 0 Å². The van der Waals surface area contributed by atoms with Crippen LogP contribution in [0.5, 0.6) is 11.5 Å². The maximum Gasteiger partial charge on any atom is 0.295 e. The van der Waals surface area contributed by atoms with Crippen LogP contribution in [0.1, 0.15) is 10.4 Å². The first-order valence-electron chi connectivity index (χ1n) is 8.08. The Kier molecular flexibility index (Phi) is 5.62. The summed E-state index contributed by atoms with van der Waals surface area (Å²) < 4.78 is 28.8. The molecule has 2 aromatic carbocycles. The van der Waals surface area contributed by atoms with Crippen molar-refractivity contribution in [1.82, 2.24) is 4.98 Å². The van der Waals surface area contributed by atoms with Crippen molar-refractivity contribution in [1.29, 1.82) is 0 Å². The first-order valence-corrected chi connectivity index (χ1v) is 10.3. The monoisotopic (exact) mass is 432 g/mol. The van der Waals surface area contributed by atoms with Gasteiger partial charge in [0, 0.05) is 29.6 Å². The molecule has 0 saturated heterocycles. The lowest BCUT2D eigenvalue weighted by atomic mass is 10.1. The van der Waals surface area contributed by atoms with Crippen molar-refractivity contribution in [2.45, 2.75) is 4.90 Å². The van der Waals surface area contributed by atoms with Crippen molar-refractivity contribution < 1.29 is 22.9 Å². The molecule has 0 atom stereocenters. The Morgan fingerprint density at radius 3 is 2.38 bits per heavy atom. The van der Waals surface area contributed by atoms with Crippen LogP contribution in [0.3, 0.4) is 0 Å². The van der Waals surface area contributed by atoms with E-state index in [-0.39, 0.29) is 33.2 Å². The number of carbonyl (C=O) groups is 1. The minimum Gasteiger partial charge on any atom is -0.457 e. The van der Waals surface area contributed by atoms with Gasteiger partial charge in [-0.1, -0.05) is 0 Å². The Bertz CT molecular complexity index is 1210. The lowest BCUT2D eigenvalue weighted by Gasteiger charge is -2.10. The second-order valence-electron chi connectivity index (χ2n) is 5.99. The molecule has 29 heavy (non-hydrogen) atoms. The average Bonchev–Trinajstić information content (AvgIpc) is 2.67. The summed E-state index contributed by atoms with van der Waals surface area (Å²) in [5.74, 6) is 0.483. The first kappa shape index (κ1) is 20.4. The molecule has 0 aliphatic rings. The molecule has 0 N–H and O–H groups in total. The number of nitro groups is 1. The molecule has 0 spiro atoms. The van der Waals surface area contributed by atoms with Gasteiger partial charge >= 0.3 is 0 Å². The van der Waals surface area contributed by atoms with Crippen molar-refractivity contribution in [2.75, 3.05) is 6.26 Å². The third-order valence-corrected chi connectivity index (χ3v) is 5.22. The first-order chi connectivity index (χ1) is 13.6. The molecule has 0 aliphatic heterocycles. The van der Waals surface area contributed by atoms with Gasteiger partial charge in [-0.25, -0.2) is 13.4 Å². The second kappa shape index (κ2) is 7.98. The summed E-state index contributed by atoms with van der Waals surface area (Å²) in [6.07, 6.45) is 2.48. The standard InChI is InChI=1S/C19H13ClN2O6S/c1-29(26,27)16-6-4-14(5-7-16)28-15-10-12(9-13(11-15)19(20)23)18-17(22(24)25)3-2-8-21-18/h2-11H,1H3. The summed E-state index contributed by atoms with van der Waals surface area (Å²) in [5, 5.41) is 10.5. The van der Waals surface area contributed by atoms with Gasteiger partial charge in [0.15, 0.2) is 9.84 Å². The molecule has 3 aromatic rings. The zero-order valence-corrected chi connectivity index (χ0v) is 16.5. The third-order valence-electron chi connectivity index (χ3n) is 3.88. The summed E-state index contributed by atoms with van der Waals surface area (Å²) in [5.41, 5.74) is 0.142. The summed E-state index contributed by atoms with van der Waals surface area (Å²) in [4.78, 5) is 26.6. The SMILES string of the molecule is CS(=O)(=O)c1ccc(Oc2cc(C(=O)Cl)cc(-c3ncccc3[N+](=O)[O-])c2)cc1. The number of sulfone groups is 1. The van der Waals surface area contributed by atoms with Gasteiger partial charge in [0.05, 0.1) is 9.82 Å². The number of halogens is 1. The van der Waals surface area contributed by atoms with Crippen molar-refractivity contribution in [3.05, 3.63) is 76.5 Å². The number of carbonyl (C=O) groups excluding carboxylic acids is 1. The molecule has 10 heteroatoms. The number of hydrogen-bond acceptors (Lipinski definition) is 7. The van der Waals surface area contributed by atoms with Crippen molar-refractivity contribution in [3.63, 3.8) is 0 Å². The molecule has 148 valence electrons. The van der Waals surface area contributed by atoms with Crippen LogP contribution >= 0.6 is 11.6 Å². The molecule has 0 unspecified atom stereocenters. The lowest BCUT2D eigenvalue weighted by Crippen LogP contribution is -1.98. The number of hydrogen-bond donors (Lipinski definition) is 0. The quantitative estimate of drug-likeness (QED) is 0.325. The van der Waals surface area contributed by atoms with Gasteiger partial charge < -0.3 is 4.74 Å². The van der Waals surface area contributed by atoms with Crippen molar-refractivity contribution >= 4 is 32.4 Å². The molecule has 0 aliphatic carbocycles. The summed E-state index contributed by atoms with van der Waals surface area (Å²) >= 11 is 5.60. The van der Waals surface area contributed by atoms with Crippen LogP contribution in [0.2, 0.25) is 0 Å². The summed E-state index contributed by atoms with van der Waals surface area (Å²) in [6, 6.07) is 12.6. The highest BCUT2D eigenvalue weighted by molar-refractivity contribution is 7.90. The van der Waals surface area contributed by atoms with Gasteiger partial charge in [-0.2, -0.15) is 0 Å². The minimum atomic E-state index is -3.36. The van der Waals surface area contributed by atoms with Gasteiger partial charge in [0.25, 0.3) is 10.9 Å². The predicted octanol–water partition coefficient (Wildman–Crippen LogP) is 4.23. The Balaban J connectivity index is 2.05.